The first-order chi connectivity index (χ1) is 8.78. The minimum atomic E-state index is 0.647. The van der Waals surface area contributed by atoms with Gasteiger partial charge in [-0.15, -0.1) is 11.3 Å². The molecule has 18 heavy (non-hydrogen) atoms. The standard InChI is InChI=1S/C14H12N2S2/c1-2-12-15-11(8-13(17)16-12)10-5-3-4-9-6-7-18-14(9)10/h3-8H,2H2,1H3,(H,15,16,17). The number of aromatic amines is 1. The molecule has 0 amide bonds. The molecule has 3 aromatic rings. The van der Waals surface area contributed by atoms with E-state index in [4.69, 9.17) is 12.2 Å². The van der Waals surface area contributed by atoms with Gasteiger partial charge in [-0.25, -0.2) is 4.98 Å². The van der Waals surface area contributed by atoms with Crippen molar-refractivity contribution in [1.82, 2.24) is 9.97 Å². The summed E-state index contributed by atoms with van der Waals surface area (Å²) in [6.07, 6.45) is 0.859. The van der Waals surface area contributed by atoms with Gasteiger partial charge < -0.3 is 4.98 Å². The SMILES string of the molecule is CCc1nc(=S)cc(-c2cccc3ccsc23)[nH]1. The van der Waals surface area contributed by atoms with Crippen molar-refractivity contribution in [3.05, 3.63) is 46.2 Å². The molecule has 0 aliphatic heterocycles. The van der Waals surface area contributed by atoms with E-state index < -0.39 is 0 Å². The average Bonchev–Trinajstić information content (AvgIpc) is 2.85. The maximum atomic E-state index is 5.23. The molecule has 0 unspecified atom stereocenters. The van der Waals surface area contributed by atoms with E-state index in [0.29, 0.717) is 4.64 Å². The Morgan fingerprint density at radius 1 is 1.33 bits per heavy atom. The number of rotatable bonds is 2. The fourth-order valence-corrected chi connectivity index (χ4v) is 3.18. The van der Waals surface area contributed by atoms with Crippen molar-refractivity contribution in [2.45, 2.75) is 13.3 Å². The van der Waals surface area contributed by atoms with Gasteiger partial charge in [0.2, 0.25) is 0 Å². The van der Waals surface area contributed by atoms with Crippen LogP contribution in [0.15, 0.2) is 35.7 Å². The highest BCUT2D eigenvalue weighted by Gasteiger charge is 2.06. The van der Waals surface area contributed by atoms with Gasteiger partial charge in [0, 0.05) is 16.7 Å². The van der Waals surface area contributed by atoms with Gasteiger partial charge in [0.25, 0.3) is 0 Å². The van der Waals surface area contributed by atoms with Crippen molar-refractivity contribution in [2.24, 2.45) is 0 Å². The van der Waals surface area contributed by atoms with Gasteiger partial charge >= 0.3 is 0 Å². The summed E-state index contributed by atoms with van der Waals surface area (Å²) in [6, 6.07) is 10.4. The predicted octanol–water partition coefficient (Wildman–Crippen LogP) is 4.58. The van der Waals surface area contributed by atoms with Crippen molar-refractivity contribution >= 4 is 33.6 Å². The van der Waals surface area contributed by atoms with E-state index in [0.717, 1.165) is 17.9 Å². The van der Waals surface area contributed by atoms with Crippen molar-refractivity contribution < 1.29 is 0 Å². The first kappa shape index (κ1) is 11.6. The molecule has 0 bridgehead atoms. The summed E-state index contributed by atoms with van der Waals surface area (Å²) in [5.74, 6) is 0.936. The molecular weight excluding hydrogens is 260 g/mol. The smallest absolute Gasteiger partial charge is 0.130 e. The fraction of sp³-hybridized carbons (Fsp3) is 0.143. The van der Waals surface area contributed by atoms with Crippen molar-refractivity contribution in [1.29, 1.82) is 0 Å². The third-order valence-corrected chi connectivity index (χ3v) is 4.07. The number of aryl methyl sites for hydroxylation is 1. The third kappa shape index (κ3) is 1.98. The molecule has 0 aliphatic carbocycles. The van der Waals surface area contributed by atoms with Gasteiger partial charge in [-0.1, -0.05) is 37.3 Å². The first-order valence-corrected chi connectivity index (χ1v) is 7.13. The second-order valence-corrected chi connectivity index (χ2v) is 5.41. The topological polar surface area (TPSA) is 28.7 Å². The average molecular weight is 272 g/mol. The lowest BCUT2D eigenvalue weighted by Crippen LogP contribution is -1.95. The molecule has 2 nitrogen and oxygen atoms in total. The number of fused-ring (bicyclic) bond motifs is 1. The van der Waals surface area contributed by atoms with Crippen LogP contribution in [0.25, 0.3) is 21.3 Å². The Labute approximate surface area is 114 Å². The van der Waals surface area contributed by atoms with Gasteiger partial charge in [-0.2, -0.15) is 0 Å². The van der Waals surface area contributed by atoms with Crippen LogP contribution in [0.2, 0.25) is 0 Å². The van der Waals surface area contributed by atoms with Crippen LogP contribution in [-0.4, -0.2) is 9.97 Å². The summed E-state index contributed by atoms with van der Waals surface area (Å²) in [6.45, 7) is 2.07. The molecule has 1 aromatic carbocycles. The molecule has 1 N–H and O–H groups in total. The molecule has 3 rings (SSSR count). The Kier molecular flexibility index (Phi) is 2.97. The lowest BCUT2D eigenvalue weighted by Gasteiger charge is -2.06. The fourth-order valence-electron chi connectivity index (χ4n) is 2.03. The lowest BCUT2D eigenvalue weighted by atomic mass is 10.1. The number of H-pyrrole nitrogens is 1. The van der Waals surface area contributed by atoms with Crippen LogP contribution < -0.4 is 0 Å². The molecule has 0 radical (unpaired) electrons. The Bertz CT molecular complexity index is 756. The summed E-state index contributed by atoms with van der Waals surface area (Å²) >= 11 is 6.98. The normalized spacial score (nSPS) is 10.9. The zero-order chi connectivity index (χ0) is 12.5. The molecule has 0 aliphatic rings. The van der Waals surface area contributed by atoms with Gasteiger partial charge in [-0.05, 0) is 22.9 Å². The summed E-state index contributed by atoms with van der Waals surface area (Å²) in [4.78, 5) is 7.67. The van der Waals surface area contributed by atoms with E-state index in [1.807, 2.05) is 6.07 Å². The maximum Gasteiger partial charge on any atom is 0.130 e. The number of aromatic nitrogens is 2. The summed E-state index contributed by atoms with van der Waals surface area (Å²) in [5.41, 5.74) is 2.26. The molecule has 2 aromatic heterocycles. The Hall–Kier alpha value is -1.52. The molecule has 0 spiro atoms. The van der Waals surface area contributed by atoms with Crippen molar-refractivity contribution in [3.63, 3.8) is 0 Å². The highest BCUT2D eigenvalue weighted by atomic mass is 32.1. The van der Waals surface area contributed by atoms with Gasteiger partial charge in [-0.3, -0.25) is 0 Å². The van der Waals surface area contributed by atoms with E-state index in [9.17, 15) is 0 Å². The van der Waals surface area contributed by atoms with Gasteiger partial charge in [0.15, 0.2) is 0 Å². The highest BCUT2D eigenvalue weighted by Crippen LogP contribution is 2.31. The highest BCUT2D eigenvalue weighted by molar-refractivity contribution is 7.71. The van der Waals surface area contributed by atoms with Gasteiger partial charge in [0.05, 0.1) is 5.69 Å². The number of hydrogen-bond donors (Lipinski definition) is 1. The van der Waals surface area contributed by atoms with Crippen molar-refractivity contribution in [2.75, 3.05) is 0 Å². The Morgan fingerprint density at radius 2 is 2.22 bits per heavy atom. The molecular formula is C14H12N2S2. The zero-order valence-electron chi connectivity index (χ0n) is 9.93. The zero-order valence-corrected chi connectivity index (χ0v) is 11.6. The molecule has 0 saturated heterocycles. The van der Waals surface area contributed by atoms with Crippen LogP contribution in [0.5, 0.6) is 0 Å². The van der Waals surface area contributed by atoms with E-state index in [1.54, 1.807) is 11.3 Å². The Morgan fingerprint density at radius 3 is 3.06 bits per heavy atom. The van der Waals surface area contributed by atoms with Crippen molar-refractivity contribution in [3.8, 4) is 11.3 Å². The molecule has 0 saturated carbocycles. The molecule has 90 valence electrons. The lowest BCUT2D eigenvalue weighted by molar-refractivity contribution is 0.937. The summed E-state index contributed by atoms with van der Waals surface area (Å²) in [5, 5.41) is 3.39. The van der Waals surface area contributed by atoms with Crippen LogP contribution in [0, 0.1) is 4.64 Å². The number of benzene rings is 1. The summed E-state index contributed by atoms with van der Waals surface area (Å²) < 4.78 is 1.94. The van der Waals surface area contributed by atoms with Crippen LogP contribution in [0.1, 0.15) is 12.7 Å². The van der Waals surface area contributed by atoms with Gasteiger partial charge in [0.1, 0.15) is 10.5 Å². The number of nitrogens with zero attached hydrogens (tertiary/aromatic N) is 1. The Balaban J connectivity index is 2.28. The monoisotopic (exact) mass is 272 g/mol. The van der Waals surface area contributed by atoms with E-state index in [-0.39, 0.29) is 0 Å². The van der Waals surface area contributed by atoms with E-state index in [1.165, 1.54) is 15.6 Å². The second-order valence-electron chi connectivity index (χ2n) is 4.08. The van der Waals surface area contributed by atoms with E-state index >= 15 is 0 Å². The van der Waals surface area contributed by atoms with E-state index in [2.05, 4.69) is 46.5 Å². The second kappa shape index (κ2) is 4.63. The maximum absolute atomic E-state index is 5.23. The van der Waals surface area contributed by atoms with Crippen LogP contribution in [0.3, 0.4) is 0 Å². The summed E-state index contributed by atoms with van der Waals surface area (Å²) in [7, 11) is 0. The predicted molar refractivity (Wildman–Crippen MR) is 79.6 cm³/mol. The first-order valence-electron chi connectivity index (χ1n) is 5.85. The quantitative estimate of drug-likeness (QED) is 0.692. The number of hydrogen-bond acceptors (Lipinski definition) is 3. The molecule has 2 heterocycles. The number of thiophene rings is 1. The van der Waals surface area contributed by atoms with Crippen LogP contribution >= 0.6 is 23.6 Å². The molecule has 0 atom stereocenters. The largest absolute Gasteiger partial charge is 0.343 e. The molecule has 4 heteroatoms. The van der Waals surface area contributed by atoms with Crippen LogP contribution in [0.4, 0.5) is 0 Å². The third-order valence-electron chi connectivity index (χ3n) is 2.90. The minimum Gasteiger partial charge on any atom is -0.343 e. The van der Waals surface area contributed by atoms with Crippen LogP contribution in [-0.2, 0) is 6.42 Å². The minimum absolute atomic E-state index is 0.647. The number of nitrogens with one attached hydrogen (secondary N) is 1. The molecule has 0 fully saturated rings.